The van der Waals surface area contributed by atoms with Gasteiger partial charge in [-0.2, -0.15) is 0 Å². The predicted octanol–water partition coefficient (Wildman–Crippen LogP) is 8.42. The van der Waals surface area contributed by atoms with E-state index in [2.05, 4.69) is 123 Å². The average molecular weight is 634 g/mol. The van der Waals surface area contributed by atoms with Crippen LogP contribution >= 0.6 is 0 Å². The number of benzene rings is 2. The molecule has 0 heterocycles. The number of ether oxygens (including phenoxy) is 1. The van der Waals surface area contributed by atoms with Crippen LogP contribution in [0.25, 0.3) is 0 Å². The third kappa shape index (κ3) is 14.3. The minimum Gasteiger partial charge on any atom is -0.468 e. The molecule has 0 unspecified atom stereocenters. The number of allylic oxidation sites excluding steroid dienone is 4. The van der Waals surface area contributed by atoms with E-state index in [0.717, 1.165) is 38.5 Å². The fraction of sp³-hybridized carbons (Fsp3) is 0.538. The van der Waals surface area contributed by atoms with Crippen molar-refractivity contribution in [1.82, 2.24) is 5.32 Å². The molecular formula is C39H59NO4Si. The van der Waals surface area contributed by atoms with Crippen LogP contribution in [-0.2, 0) is 18.8 Å². The molecule has 5 nitrogen and oxygen atoms in total. The van der Waals surface area contributed by atoms with E-state index in [9.17, 15) is 9.59 Å². The average Bonchev–Trinajstić information content (AvgIpc) is 3.04. The zero-order valence-electron chi connectivity index (χ0n) is 28.7. The van der Waals surface area contributed by atoms with Crippen molar-refractivity contribution in [3.8, 4) is 0 Å². The number of nitrogens with one attached hydrogen (secondary N) is 1. The number of unbranched alkanes of at least 4 members (excludes halogenated alkanes) is 8. The summed E-state index contributed by atoms with van der Waals surface area (Å²) in [7, 11) is -1.17. The Morgan fingerprint density at radius 3 is 1.69 bits per heavy atom. The lowest BCUT2D eigenvalue weighted by Crippen LogP contribution is -2.67. The fourth-order valence-corrected chi connectivity index (χ4v) is 10.5. The molecule has 0 aliphatic carbocycles. The monoisotopic (exact) mass is 633 g/mol. The highest BCUT2D eigenvalue weighted by Crippen LogP contribution is 2.38. The largest absolute Gasteiger partial charge is 0.468 e. The van der Waals surface area contributed by atoms with Crippen LogP contribution in [0.3, 0.4) is 0 Å². The lowest BCUT2D eigenvalue weighted by atomic mass is 10.1. The van der Waals surface area contributed by atoms with E-state index in [1.807, 2.05) is 0 Å². The van der Waals surface area contributed by atoms with Gasteiger partial charge in [0.15, 0.2) is 0 Å². The molecule has 2 rings (SSSR count). The maximum atomic E-state index is 11.6. The van der Waals surface area contributed by atoms with E-state index in [4.69, 9.17) is 4.43 Å². The number of esters is 1. The Morgan fingerprint density at radius 1 is 0.733 bits per heavy atom. The third-order valence-electron chi connectivity index (χ3n) is 8.28. The molecule has 0 saturated heterocycles. The van der Waals surface area contributed by atoms with Gasteiger partial charge in [0.25, 0.3) is 8.32 Å². The van der Waals surface area contributed by atoms with Crippen LogP contribution in [0.5, 0.6) is 0 Å². The molecule has 1 N–H and O–H groups in total. The van der Waals surface area contributed by atoms with Crippen molar-refractivity contribution in [2.75, 3.05) is 13.7 Å². The maximum Gasteiger partial charge on any atom is 0.325 e. The SMILES string of the molecule is COC(=O)CNC(=O)CCC/C=C\CCCCCCC/C=C\CCC[C@H](C)O[Si](c1ccccc1)(c1ccccc1)C(C)(C)C. The van der Waals surface area contributed by atoms with Crippen molar-refractivity contribution in [2.45, 2.75) is 122 Å². The maximum absolute atomic E-state index is 11.6. The molecule has 1 amide bonds. The first-order valence-corrected chi connectivity index (χ1v) is 19.0. The molecule has 0 radical (unpaired) electrons. The predicted molar refractivity (Wildman–Crippen MR) is 191 cm³/mol. The van der Waals surface area contributed by atoms with E-state index >= 15 is 0 Å². The zero-order valence-corrected chi connectivity index (χ0v) is 29.7. The fourth-order valence-electron chi connectivity index (χ4n) is 5.81. The van der Waals surface area contributed by atoms with Crippen molar-refractivity contribution in [2.24, 2.45) is 0 Å². The Balaban J connectivity index is 1.58. The molecule has 0 spiro atoms. The molecule has 2 aromatic carbocycles. The number of methoxy groups -OCH3 is 1. The number of hydrogen-bond acceptors (Lipinski definition) is 4. The second-order valence-corrected chi connectivity index (χ2v) is 17.3. The van der Waals surface area contributed by atoms with Gasteiger partial charge in [-0.3, -0.25) is 9.59 Å². The van der Waals surface area contributed by atoms with Crippen molar-refractivity contribution < 1.29 is 18.8 Å². The number of rotatable bonds is 22. The second kappa shape index (κ2) is 21.7. The molecule has 0 aromatic heterocycles. The smallest absolute Gasteiger partial charge is 0.325 e. The van der Waals surface area contributed by atoms with Crippen LogP contribution in [0.2, 0.25) is 5.04 Å². The Labute approximate surface area is 275 Å². The Hall–Kier alpha value is -2.96. The summed E-state index contributed by atoms with van der Waals surface area (Å²) in [5.74, 6) is -0.523. The van der Waals surface area contributed by atoms with Crippen LogP contribution in [0.1, 0.15) is 111 Å². The first-order valence-electron chi connectivity index (χ1n) is 17.1. The van der Waals surface area contributed by atoms with Gasteiger partial charge in [-0.25, -0.2) is 0 Å². The molecule has 0 saturated carbocycles. The zero-order chi connectivity index (χ0) is 32.8. The molecule has 0 bridgehead atoms. The normalized spacial score (nSPS) is 12.9. The Morgan fingerprint density at radius 2 is 1.20 bits per heavy atom. The summed E-state index contributed by atoms with van der Waals surface area (Å²) < 4.78 is 11.7. The highest BCUT2D eigenvalue weighted by molar-refractivity contribution is 6.99. The van der Waals surface area contributed by atoms with E-state index in [1.165, 1.54) is 56.0 Å². The van der Waals surface area contributed by atoms with Gasteiger partial charge in [-0.1, -0.05) is 125 Å². The van der Waals surface area contributed by atoms with Gasteiger partial charge >= 0.3 is 5.97 Å². The number of carbonyl (C=O) groups excluding carboxylic acids is 2. The molecule has 6 heteroatoms. The van der Waals surface area contributed by atoms with E-state index in [1.54, 1.807) is 0 Å². The van der Waals surface area contributed by atoms with E-state index < -0.39 is 14.3 Å². The standard InChI is InChI=1S/C39H59NO4Si/c1-34(44-45(39(2,3)4,35-28-22-19-23-29-35)36-30-24-20-25-31-36)27-21-17-15-13-11-9-7-6-8-10-12-14-16-18-26-32-37(41)40-33-38(42)43-5/h13-16,19-20,22-25,28-31,34H,6-12,17-18,21,26-27,32-33H2,1-5H3,(H,40,41)/b15-13-,16-14-/t34-/m0/s1. The summed E-state index contributed by atoms with van der Waals surface area (Å²) in [5, 5.41) is 5.27. The topological polar surface area (TPSA) is 64.6 Å². The lowest BCUT2D eigenvalue weighted by molar-refractivity contribution is -0.141. The van der Waals surface area contributed by atoms with Gasteiger partial charge < -0.3 is 14.5 Å². The molecule has 0 fully saturated rings. The highest BCUT2D eigenvalue weighted by atomic mass is 28.4. The van der Waals surface area contributed by atoms with Crippen LogP contribution < -0.4 is 15.7 Å². The van der Waals surface area contributed by atoms with Crippen molar-refractivity contribution >= 4 is 30.6 Å². The molecule has 0 aliphatic rings. The summed E-state index contributed by atoms with van der Waals surface area (Å²) in [6.45, 7) is 9.24. The molecule has 0 aliphatic heterocycles. The van der Waals surface area contributed by atoms with Crippen LogP contribution in [0.15, 0.2) is 85.0 Å². The summed E-state index contributed by atoms with van der Waals surface area (Å²) in [4.78, 5) is 22.7. The minimum absolute atomic E-state index is 0.0104. The van der Waals surface area contributed by atoms with E-state index in [-0.39, 0.29) is 23.6 Å². The van der Waals surface area contributed by atoms with Gasteiger partial charge in [0.2, 0.25) is 5.91 Å². The van der Waals surface area contributed by atoms with Crippen LogP contribution in [0, 0.1) is 0 Å². The summed E-state index contributed by atoms with van der Waals surface area (Å²) >= 11 is 0. The van der Waals surface area contributed by atoms with Crippen molar-refractivity contribution in [3.63, 3.8) is 0 Å². The first-order chi connectivity index (χ1) is 21.7. The van der Waals surface area contributed by atoms with Crippen LogP contribution in [0.4, 0.5) is 0 Å². The van der Waals surface area contributed by atoms with Gasteiger partial charge in [-0.15, -0.1) is 0 Å². The molecule has 45 heavy (non-hydrogen) atoms. The van der Waals surface area contributed by atoms with Gasteiger partial charge in [0.05, 0.1) is 7.11 Å². The quantitative estimate of drug-likeness (QED) is 0.0612. The molecule has 2 aromatic rings. The van der Waals surface area contributed by atoms with Gasteiger partial charge in [0, 0.05) is 12.5 Å². The third-order valence-corrected chi connectivity index (χ3v) is 13.4. The van der Waals surface area contributed by atoms with E-state index in [0.29, 0.717) is 6.42 Å². The number of hydrogen-bond donors (Lipinski definition) is 1. The number of carbonyl (C=O) groups is 2. The Bertz CT molecular complexity index is 1100. The lowest BCUT2D eigenvalue weighted by Gasteiger charge is -2.44. The molecule has 1 atom stereocenters. The van der Waals surface area contributed by atoms with Gasteiger partial charge in [0.1, 0.15) is 6.54 Å². The second-order valence-electron chi connectivity index (χ2n) is 13.1. The van der Waals surface area contributed by atoms with Gasteiger partial charge in [-0.05, 0) is 80.1 Å². The summed E-state index contributed by atoms with van der Waals surface area (Å²) in [6.07, 6.45) is 23.4. The minimum atomic E-state index is -2.48. The highest BCUT2D eigenvalue weighted by Gasteiger charge is 2.50. The summed E-state index contributed by atoms with van der Waals surface area (Å²) in [5.41, 5.74) is 0. The first kappa shape index (κ1) is 38.2. The molecule has 248 valence electrons. The molecular weight excluding hydrogens is 575 g/mol. The summed E-state index contributed by atoms with van der Waals surface area (Å²) in [6, 6.07) is 21.9. The van der Waals surface area contributed by atoms with Crippen molar-refractivity contribution in [1.29, 1.82) is 0 Å². The Kier molecular flexibility index (Phi) is 18.4. The van der Waals surface area contributed by atoms with Crippen LogP contribution in [-0.4, -0.2) is 40.0 Å². The van der Waals surface area contributed by atoms with Crippen molar-refractivity contribution in [3.05, 3.63) is 85.0 Å². The number of amides is 1.